The van der Waals surface area contributed by atoms with Crippen molar-refractivity contribution >= 4 is 29.6 Å². The van der Waals surface area contributed by atoms with Crippen molar-refractivity contribution in [3.05, 3.63) is 118 Å². The molecule has 268 valence electrons. The van der Waals surface area contributed by atoms with Gasteiger partial charge in [0.2, 0.25) is 6.04 Å². The number of esters is 2. The van der Waals surface area contributed by atoms with Crippen LogP contribution < -0.4 is 9.64 Å². The van der Waals surface area contributed by atoms with Crippen molar-refractivity contribution in [2.75, 3.05) is 25.7 Å². The van der Waals surface area contributed by atoms with E-state index in [1.807, 2.05) is 0 Å². The standard InChI is InChI=1S/C39H42N2O10/c1-7-50-32(43)23-28-27(19-21-31(42)49-6)33(24-14-10-8-11-15-24)35(41(46)47)34(28)39(25-16-12-9-13-17-25)29-22-26(48-5)18-20-30(29)40(36(39)44)37(45)51-38(2,3)4/h8-22,27-28,33-35H,7,23H2,1-6H3/b21-19+/t27-,28-,33+,34+,35+,39-/m0/s1. The summed E-state index contributed by atoms with van der Waals surface area (Å²) in [7, 11) is 2.66. The minimum atomic E-state index is -1.93. The lowest BCUT2D eigenvalue weighted by Gasteiger charge is -2.39. The van der Waals surface area contributed by atoms with Crippen LogP contribution in [0.15, 0.2) is 91.0 Å². The highest BCUT2D eigenvalue weighted by molar-refractivity contribution is 6.23. The molecule has 1 heterocycles. The van der Waals surface area contributed by atoms with Gasteiger partial charge < -0.3 is 18.9 Å². The van der Waals surface area contributed by atoms with E-state index in [1.165, 1.54) is 26.4 Å². The Morgan fingerprint density at radius 1 is 0.980 bits per heavy atom. The molecule has 3 aromatic rings. The number of rotatable bonds is 10. The number of ether oxygens (including phenoxy) is 4. The Labute approximate surface area is 296 Å². The Morgan fingerprint density at radius 2 is 1.63 bits per heavy atom. The fourth-order valence-corrected chi connectivity index (χ4v) is 7.88. The van der Waals surface area contributed by atoms with Crippen LogP contribution in [0.5, 0.6) is 5.75 Å². The number of amides is 2. The molecular weight excluding hydrogens is 656 g/mol. The Morgan fingerprint density at radius 3 is 2.20 bits per heavy atom. The Hall–Kier alpha value is -5.52. The van der Waals surface area contributed by atoms with E-state index in [-0.39, 0.29) is 24.3 Å². The van der Waals surface area contributed by atoms with E-state index >= 15 is 4.79 Å². The maximum absolute atomic E-state index is 15.5. The maximum Gasteiger partial charge on any atom is 0.421 e. The zero-order valence-corrected chi connectivity index (χ0v) is 29.4. The van der Waals surface area contributed by atoms with E-state index in [0.717, 1.165) is 4.90 Å². The minimum absolute atomic E-state index is 0.0505. The zero-order chi connectivity index (χ0) is 37.1. The lowest BCUT2D eigenvalue weighted by atomic mass is 9.60. The molecule has 1 saturated carbocycles. The highest BCUT2D eigenvalue weighted by Crippen LogP contribution is 2.63. The number of hydrogen-bond donors (Lipinski definition) is 0. The summed E-state index contributed by atoms with van der Waals surface area (Å²) < 4.78 is 21.7. The van der Waals surface area contributed by atoms with Crippen LogP contribution in [0.3, 0.4) is 0 Å². The van der Waals surface area contributed by atoms with Crippen LogP contribution >= 0.6 is 0 Å². The number of methoxy groups -OCH3 is 2. The molecule has 51 heavy (non-hydrogen) atoms. The third-order valence-corrected chi connectivity index (χ3v) is 9.61. The predicted molar refractivity (Wildman–Crippen MR) is 187 cm³/mol. The van der Waals surface area contributed by atoms with Gasteiger partial charge in [0, 0.05) is 23.0 Å². The van der Waals surface area contributed by atoms with Crippen molar-refractivity contribution in [2.45, 2.75) is 57.1 Å². The second kappa shape index (κ2) is 14.8. The summed E-state index contributed by atoms with van der Waals surface area (Å²) in [5.41, 5.74) is -1.55. The molecule has 1 aliphatic carbocycles. The second-order valence-electron chi connectivity index (χ2n) is 13.5. The van der Waals surface area contributed by atoms with Gasteiger partial charge in [0.1, 0.15) is 16.8 Å². The van der Waals surface area contributed by atoms with Crippen molar-refractivity contribution in [1.29, 1.82) is 0 Å². The quantitative estimate of drug-likeness (QED) is 0.0783. The molecule has 3 aromatic carbocycles. The average molecular weight is 699 g/mol. The normalized spacial score (nSPS) is 24.2. The van der Waals surface area contributed by atoms with Crippen LogP contribution in [0.2, 0.25) is 0 Å². The smallest absolute Gasteiger partial charge is 0.421 e. The maximum atomic E-state index is 15.5. The predicted octanol–water partition coefficient (Wildman–Crippen LogP) is 6.24. The number of allylic oxidation sites excluding steroid dienone is 1. The Kier molecular flexibility index (Phi) is 10.6. The van der Waals surface area contributed by atoms with E-state index in [4.69, 9.17) is 18.9 Å². The van der Waals surface area contributed by atoms with Crippen molar-refractivity contribution in [3.63, 3.8) is 0 Å². The molecule has 0 N–H and O–H groups in total. The number of anilines is 1. The first kappa shape index (κ1) is 36.8. The van der Waals surface area contributed by atoms with Gasteiger partial charge in [-0.05, 0) is 68.9 Å². The van der Waals surface area contributed by atoms with Gasteiger partial charge in [-0.1, -0.05) is 66.7 Å². The van der Waals surface area contributed by atoms with Crippen LogP contribution in [0.1, 0.15) is 56.7 Å². The molecular formula is C39H42N2O10. The number of fused-ring (bicyclic) bond motifs is 1. The van der Waals surface area contributed by atoms with Gasteiger partial charge in [0.25, 0.3) is 5.91 Å². The lowest BCUT2D eigenvalue weighted by Crippen LogP contribution is -2.54. The number of benzene rings is 3. The molecule has 2 aliphatic rings. The Balaban J connectivity index is 1.92. The summed E-state index contributed by atoms with van der Waals surface area (Å²) in [6.45, 7) is 6.71. The third kappa shape index (κ3) is 6.82. The third-order valence-electron chi connectivity index (χ3n) is 9.61. The summed E-state index contributed by atoms with van der Waals surface area (Å²) in [6, 6.07) is 20.5. The summed E-state index contributed by atoms with van der Waals surface area (Å²) in [4.78, 5) is 69.8. The fourth-order valence-electron chi connectivity index (χ4n) is 7.88. The summed E-state index contributed by atoms with van der Waals surface area (Å²) in [5.74, 6) is -5.83. The molecule has 0 saturated heterocycles. The number of imide groups is 1. The number of nitro groups is 1. The van der Waals surface area contributed by atoms with Crippen LogP contribution in [0.25, 0.3) is 0 Å². The van der Waals surface area contributed by atoms with E-state index in [9.17, 15) is 24.5 Å². The molecule has 0 aromatic heterocycles. The van der Waals surface area contributed by atoms with E-state index < -0.39 is 69.6 Å². The molecule has 0 radical (unpaired) electrons. The molecule has 0 spiro atoms. The molecule has 1 aliphatic heterocycles. The lowest BCUT2D eigenvalue weighted by molar-refractivity contribution is -0.534. The first-order valence-corrected chi connectivity index (χ1v) is 16.7. The molecule has 5 rings (SSSR count). The van der Waals surface area contributed by atoms with E-state index in [2.05, 4.69) is 0 Å². The summed E-state index contributed by atoms with van der Waals surface area (Å²) in [5, 5.41) is 13.7. The number of hydrogen-bond acceptors (Lipinski definition) is 10. The molecule has 1 fully saturated rings. The van der Waals surface area contributed by atoms with E-state index in [0.29, 0.717) is 16.9 Å². The molecule has 6 atom stereocenters. The highest BCUT2D eigenvalue weighted by atomic mass is 16.6. The van der Waals surface area contributed by atoms with Crippen LogP contribution in [0.4, 0.5) is 10.5 Å². The monoisotopic (exact) mass is 698 g/mol. The summed E-state index contributed by atoms with van der Waals surface area (Å²) in [6.07, 6.45) is 1.42. The largest absolute Gasteiger partial charge is 0.497 e. The molecule has 0 bridgehead atoms. The van der Waals surface area contributed by atoms with Gasteiger partial charge in [-0.15, -0.1) is 0 Å². The van der Waals surface area contributed by atoms with Crippen LogP contribution in [-0.4, -0.2) is 61.3 Å². The second-order valence-corrected chi connectivity index (χ2v) is 13.5. The van der Waals surface area contributed by atoms with Gasteiger partial charge in [-0.3, -0.25) is 19.7 Å². The van der Waals surface area contributed by atoms with Crippen molar-refractivity contribution in [2.24, 2.45) is 17.8 Å². The van der Waals surface area contributed by atoms with E-state index in [1.54, 1.807) is 107 Å². The van der Waals surface area contributed by atoms with Gasteiger partial charge in [0.15, 0.2) is 0 Å². The van der Waals surface area contributed by atoms with Crippen LogP contribution in [-0.2, 0) is 34.0 Å². The van der Waals surface area contributed by atoms with Gasteiger partial charge in [-0.2, -0.15) is 0 Å². The van der Waals surface area contributed by atoms with Gasteiger partial charge in [-0.25, -0.2) is 14.5 Å². The first-order valence-electron chi connectivity index (χ1n) is 16.7. The first-order chi connectivity index (χ1) is 24.3. The highest BCUT2D eigenvalue weighted by Gasteiger charge is 2.70. The molecule has 0 unspecified atom stereocenters. The molecule has 2 amide bonds. The number of carbonyl (C=O) groups is 4. The Bertz CT molecular complexity index is 1820. The fraction of sp³-hybridized carbons (Fsp3) is 0.385. The summed E-state index contributed by atoms with van der Waals surface area (Å²) >= 11 is 0. The minimum Gasteiger partial charge on any atom is -0.497 e. The van der Waals surface area contributed by atoms with Crippen LogP contribution in [0, 0.1) is 27.9 Å². The number of nitrogens with zero attached hydrogens (tertiary/aromatic N) is 2. The molecule has 12 nitrogen and oxygen atoms in total. The van der Waals surface area contributed by atoms with Gasteiger partial charge >= 0.3 is 18.0 Å². The number of carbonyl (C=O) groups excluding carboxylic acids is 4. The van der Waals surface area contributed by atoms with Crippen molar-refractivity contribution in [1.82, 2.24) is 0 Å². The SMILES string of the molecule is CCOC(=O)C[C@H]1[C@H](/C=C/C(=O)OC)[C@@H](c2ccccc2)[C@@H]([N+](=O)[O-])[C@@H]1[C@@]1(c2ccccc2)C(=O)N(C(=O)OC(C)(C)C)c2ccc(OC)cc21. The average Bonchev–Trinajstić information content (AvgIpc) is 3.55. The van der Waals surface area contributed by atoms with Gasteiger partial charge in [0.05, 0.1) is 38.3 Å². The zero-order valence-electron chi connectivity index (χ0n) is 29.4. The topological polar surface area (TPSA) is 152 Å². The molecule has 12 heteroatoms. The van der Waals surface area contributed by atoms with Crippen molar-refractivity contribution < 1.29 is 43.0 Å². The van der Waals surface area contributed by atoms with Crippen molar-refractivity contribution in [3.8, 4) is 5.75 Å².